The highest BCUT2D eigenvalue weighted by Gasteiger charge is 2.29. The molecule has 2 aromatic rings. The van der Waals surface area contributed by atoms with Crippen molar-refractivity contribution in [3.8, 4) is 0 Å². The number of anilines is 1. The van der Waals surface area contributed by atoms with Gasteiger partial charge in [-0.05, 0) is 48.4 Å². The van der Waals surface area contributed by atoms with Crippen molar-refractivity contribution in [3.63, 3.8) is 0 Å². The van der Waals surface area contributed by atoms with Crippen LogP contribution in [0.3, 0.4) is 0 Å². The first-order valence-electron chi connectivity index (χ1n) is 13.3. The molecule has 0 aliphatic carbocycles. The zero-order chi connectivity index (χ0) is 26.6. The van der Waals surface area contributed by atoms with Crippen LogP contribution in [-0.4, -0.2) is 78.3 Å². The number of rotatable bonds is 6. The average Bonchev–Trinajstić information content (AvgIpc) is 2.94. The Hall–Kier alpha value is -3.79. The quantitative estimate of drug-likeness (QED) is 0.354. The number of imide groups is 1. The van der Waals surface area contributed by atoms with Gasteiger partial charge in [-0.1, -0.05) is 24.3 Å². The fraction of sp³-hybridized carbons (Fsp3) is 0.464. The lowest BCUT2D eigenvalue weighted by atomic mass is 9.89. The molecule has 3 amide bonds. The monoisotopic (exact) mass is 519 g/mol. The van der Waals surface area contributed by atoms with Crippen LogP contribution in [0, 0.1) is 10.1 Å². The van der Waals surface area contributed by atoms with Gasteiger partial charge in [-0.25, -0.2) is 0 Å². The first kappa shape index (κ1) is 25.8. The molecule has 10 nitrogen and oxygen atoms in total. The van der Waals surface area contributed by atoms with E-state index in [2.05, 4.69) is 15.1 Å². The minimum absolute atomic E-state index is 0.103. The number of nitrogens with zero attached hydrogens (tertiary/aromatic N) is 4. The predicted molar refractivity (Wildman–Crippen MR) is 142 cm³/mol. The Morgan fingerprint density at radius 2 is 1.50 bits per heavy atom. The first-order valence-corrected chi connectivity index (χ1v) is 13.3. The maximum atomic E-state index is 13.0. The fourth-order valence-electron chi connectivity index (χ4n) is 5.71. The number of nitro benzene ring substituents is 1. The van der Waals surface area contributed by atoms with Crippen molar-refractivity contribution >= 4 is 29.1 Å². The van der Waals surface area contributed by atoms with Crippen LogP contribution in [0.5, 0.6) is 0 Å². The van der Waals surface area contributed by atoms with E-state index >= 15 is 0 Å². The number of nitrogens with one attached hydrogen (secondary N) is 1. The van der Waals surface area contributed by atoms with Gasteiger partial charge in [-0.3, -0.25) is 34.7 Å². The second-order valence-corrected chi connectivity index (χ2v) is 10.4. The van der Waals surface area contributed by atoms with Crippen LogP contribution in [0.4, 0.5) is 11.4 Å². The summed E-state index contributed by atoms with van der Waals surface area (Å²) in [6, 6.07) is 14.8. The number of non-ortho nitro benzene ring substituents is 1. The lowest BCUT2D eigenvalue weighted by Gasteiger charge is -2.38. The Morgan fingerprint density at radius 1 is 0.868 bits per heavy atom. The van der Waals surface area contributed by atoms with Gasteiger partial charge in [0.2, 0.25) is 17.7 Å². The average molecular weight is 520 g/mol. The topological polar surface area (TPSA) is 116 Å². The van der Waals surface area contributed by atoms with E-state index in [9.17, 15) is 24.5 Å². The maximum absolute atomic E-state index is 13.0. The highest BCUT2D eigenvalue weighted by Crippen LogP contribution is 2.30. The minimum atomic E-state index is -0.384. The van der Waals surface area contributed by atoms with Gasteiger partial charge < -0.3 is 9.80 Å². The van der Waals surface area contributed by atoms with Crippen molar-refractivity contribution in [2.24, 2.45) is 0 Å². The van der Waals surface area contributed by atoms with Gasteiger partial charge in [0.05, 0.1) is 17.4 Å². The van der Waals surface area contributed by atoms with E-state index in [4.69, 9.17) is 0 Å². The van der Waals surface area contributed by atoms with Crippen molar-refractivity contribution in [1.82, 2.24) is 15.1 Å². The first-order chi connectivity index (χ1) is 18.4. The number of benzene rings is 2. The number of amides is 3. The van der Waals surface area contributed by atoms with Crippen molar-refractivity contribution in [3.05, 3.63) is 69.8 Å². The largest absolute Gasteiger partial charge is 0.369 e. The summed E-state index contributed by atoms with van der Waals surface area (Å²) in [5.41, 5.74) is 3.23. The smallest absolute Gasteiger partial charge is 0.269 e. The van der Waals surface area contributed by atoms with E-state index < -0.39 is 0 Å². The molecule has 10 heteroatoms. The van der Waals surface area contributed by atoms with E-state index in [0.717, 1.165) is 55.8 Å². The summed E-state index contributed by atoms with van der Waals surface area (Å²) in [4.78, 5) is 53.4. The molecular formula is C28H33N5O5. The number of piperidine rings is 2. The molecule has 0 saturated carbocycles. The summed E-state index contributed by atoms with van der Waals surface area (Å²) in [7, 11) is 0. The number of likely N-dealkylation sites (tertiary alicyclic amines) is 1. The van der Waals surface area contributed by atoms with Crippen LogP contribution >= 0.6 is 0 Å². The lowest BCUT2D eigenvalue weighted by Crippen LogP contribution is -2.51. The van der Waals surface area contributed by atoms with Crippen LogP contribution in [0.1, 0.15) is 48.6 Å². The van der Waals surface area contributed by atoms with E-state index in [1.54, 1.807) is 12.1 Å². The van der Waals surface area contributed by atoms with E-state index in [1.165, 1.54) is 0 Å². The van der Waals surface area contributed by atoms with Gasteiger partial charge in [-0.2, -0.15) is 0 Å². The summed E-state index contributed by atoms with van der Waals surface area (Å²) in [6.45, 7) is 5.10. The highest BCUT2D eigenvalue weighted by atomic mass is 16.6. The molecule has 3 aliphatic rings. The molecule has 3 saturated heterocycles. The second-order valence-electron chi connectivity index (χ2n) is 10.4. The van der Waals surface area contributed by atoms with Crippen LogP contribution in [0.15, 0.2) is 48.5 Å². The molecule has 0 spiro atoms. The SMILES string of the molecule is O=C1CCC(c2ccc(N3CCN(CC(=O)N4CCC(c5ccc([N+](=O)[O-])cc5)CC4)CC3)cc2)C(=O)N1. The molecular weight excluding hydrogens is 486 g/mol. The minimum Gasteiger partial charge on any atom is -0.369 e. The molecule has 5 rings (SSSR count). The Morgan fingerprint density at radius 3 is 2.11 bits per heavy atom. The molecule has 0 radical (unpaired) electrons. The Balaban J connectivity index is 1.06. The summed E-state index contributed by atoms with van der Waals surface area (Å²) in [6.07, 6.45) is 2.65. The molecule has 3 heterocycles. The van der Waals surface area contributed by atoms with Gasteiger partial charge in [0.1, 0.15) is 0 Å². The fourth-order valence-corrected chi connectivity index (χ4v) is 5.71. The van der Waals surface area contributed by atoms with E-state index in [0.29, 0.717) is 38.4 Å². The number of piperazine rings is 1. The number of carbonyl (C=O) groups excluding carboxylic acids is 3. The maximum Gasteiger partial charge on any atom is 0.269 e. The van der Waals surface area contributed by atoms with E-state index in [1.807, 2.05) is 41.3 Å². The van der Waals surface area contributed by atoms with Crippen LogP contribution in [0.25, 0.3) is 0 Å². The standard InChI is InChI=1S/C28H33N5O5/c34-26-10-9-25(28(36)29-26)22-3-5-23(6-4-22)31-17-15-30(16-18-31)19-27(35)32-13-11-21(12-14-32)20-1-7-24(8-2-20)33(37)38/h1-8,21,25H,9-19H2,(H,29,34,36). The number of nitro groups is 1. The van der Waals surface area contributed by atoms with Gasteiger partial charge in [0.15, 0.2) is 0 Å². The summed E-state index contributed by atoms with van der Waals surface area (Å²) in [5, 5.41) is 13.3. The number of hydrogen-bond donors (Lipinski definition) is 1. The van der Waals surface area contributed by atoms with Gasteiger partial charge in [0.25, 0.3) is 5.69 Å². The van der Waals surface area contributed by atoms with Crippen LogP contribution < -0.4 is 10.2 Å². The Kier molecular flexibility index (Phi) is 7.69. The third-order valence-corrected chi connectivity index (χ3v) is 8.05. The molecule has 2 aromatic carbocycles. The van der Waals surface area contributed by atoms with Crippen molar-refractivity contribution in [2.45, 2.75) is 37.5 Å². The third kappa shape index (κ3) is 5.85. The number of hydrogen-bond acceptors (Lipinski definition) is 7. The molecule has 3 fully saturated rings. The second kappa shape index (κ2) is 11.3. The molecule has 1 N–H and O–H groups in total. The van der Waals surface area contributed by atoms with Crippen molar-refractivity contribution in [1.29, 1.82) is 0 Å². The molecule has 200 valence electrons. The van der Waals surface area contributed by atoms with Crippen LogP contribution in [-0.2, 0) is 14.4 Å². The number of carbonyl (C=O) groups is 3. The molecule has 0 bridgehead atoms. The normalized spacial score (nSPS) is 21.3. The van der Waals surface area contributed by atoms with Gasteiger partial charge in [-0.15, -0.1) is 0 Å². The molecule has 1 atom stereocenters. The zero-order valence-electron chi connectivity index (χ0n) is 21.4. The van der Waals surface area contributed by atoms with Gasteiger partial charge in [0, 0.05) is 63.5 Å². The summed E-state index contributed by atoms with van der Waals surface area (Å²) in [5.74, 6) is -0.211. The lowest BCUT2D eigenvalue weighted by molar-refractivity contribution is -0.384. The summed E-state index contributed by atoms with van der Waals surface area (Å²) >= 11 is 0. The highest BCUT2D eigenvalue weighted by molar-refractivity contribution is 6.00. The van der Waals surface area contributed by atoms with Crippen LogP contribution in [0.2, 0.25) is 0 Å². The molecule has 3 aliphatic heterocycles. The Labute approximate surface area is 221 Å². The zero-order valence-corrected chi connectivity index (χ0v) is 21.4. The van der Waals surface area contributed by atoms with Crippen molar-refractivity contribution < 1.29 is 19.3 Å². The summed E-state index contributed by atoms with van der Waals surface area (Å²) < 4.78 is 0. The molecule has 38 heavy (non-hydrogen) atoms. The van der Waals surface area contributed by atoms with Gasteiger partial charge >= 0.3 is 0 Å². The Bertz CT molecular complexity index is 1180. The molecule has 1 unspecified atom stereocenters. The van der Waals surface area contributed by atoms with E-state index in [-0.39, 0.29) is 34.3 Å². The molecule has 0 aromatic heterocycles. The third-order valence-electron chi connectivity index (χ3n) is 8.05. The van der Waals surface area contributed by atoms with Crippen molar-refractivity contribution in [2.75, 3.05) is 50.7 Å². The predicted octanol–water partition coefficient (Wildman–Crippen LogP) is 2.64.